The van der Waals surface area contributed by atoms with Gasteiger partial charge in [-0.2, -0.15) is 10.5 Å². The molecule has 5 nitrogen and oxygen atoms in total. The van der Waals surface area contributed by atoms with Gasteiger partial charge in [0.15, 0.2) is 0 Å². The molecule has 0 aliphatic heterocycles. The zero-order valence-electron chi connectivity index (χ0n) is 8.94. The van der Waals surface area contributed by atoms with E-state index in [1.54, 1.807) is 0 Å². The minimum atomic E-state index is -0.154. The van der Waals surface area contributed by atoms with Crippen molar-refractivity contribution in [2.24, 2.45) is 5.73 Å². The molecular formula is C10H16N4O. The second-order valence-electron chi connectivity index (χ2n) is 3.44. The first kappa shape index (κ1) is 13.4. The predicted octanol–water partition coefficient (Wildman–Crippen LogP) is 0.380. The van der Waals surface area contributed by atoms with Gasteiger partial charge in [0, 0.05) is 12.5 Å². The van der Waals surface area contributed by atoms with E-state index >= 15 is 0 Å². The van der Waals surface area contributed by atoms with E-state index in [0.717, 1.165) is 6.42 Å². The largest absolute Gasteiger partial charge is 0.328 e. The first-order valence-electron chi connectivity index (χ1n) is 4.89. The third kappa shape index (κ3) is 6.48. The van der Waals surface area contributed by atoms with E-state index in [-0.39, 0.29) is 25.0 Å². The van der Waals surface area contributed by atoms with E-state index in [1.807, 2.05) is 19.1 Å². The summed E-state index contributed by atoms with van der Waals surface area (Å²) in [6.07, 6.45) is 1.83. The van der Waals surface area contributed by atoms with Crippen LogP contribution in [0.4, 0.5) is 0 Å². The first-order chi connectivity index (χ1) is 7.11. The highest BCUT2D eigenvalue weighted by molar-refractivity contribution is 5.76. The zero-order valence-corrected chi connectivity index (χ0v) is 8.94. The molecule has 0 aliphatic rings. The Kier molecular flexibility index (Phi) is 6.96. The van der Waals surface area contributed by atoms with Gasteiger partial charge >= 0.3 is 0 Å². The van der Waals surface area contributed by atoms with Crippen LogP contribution in [-0.2, 0) is 4.79 Å². The standard InChI is InChI=1S/C10H16N4O/c1-9(13)3-2-4-10(15)14(7-5-11)8-6-12/h9H,2-4,7-8,13H2,1H3. The summed E-state index contributed by atoms with van der Waals surface area (Å²) >= 11 is 0. The van der Waals surface area contributed by atoms with Gasteiger partial charge in [0.05, 0.1) is 12.1 Å². The summed E-state index contributed by atoms with van der Waals surface area (Å²) in [6.45, 7) is 1.84. The first-order valence-corrected chi connectivity index (χ1v) is 4.89. The molecule has 0 bridgehead atoms. The number of nitrogens with zero attached hydrogens (tertiary/aromatic N) is 3. The summed E-state index contributed by atoms with van der Waals surface area (Å²) in [5.41, 5.74) is 5.54. The van der Waals surface area contributed by atoms with Crippen molar-refractivity contribution in [1.82, 2.24) is 4.90 Å². The van der Waals surface area contributed by atoms with Crippen LogP contribution < -0.4 is 5.73 Å². The van der Waals surface area contributed by atoms with Crippen LogP contribution in [0.1, 0.15) is 26.2 Å². The number of carbonyl (C=O) groups excluding carboxylic acids is 1. The summed E-state index contributed by atoms with van der Waals surface area (Å²) in [7, 11) is 0. The summed E-state index contributed by atoms with van der Waals surface area (Å²) in [6, 6.07) is 3.81. The van der Waals surface area contributed by atoms with Crippen LogP contribution in [0.2, 0.25) is 0 Å². The van der Waals surface area contributed by atoms with Crippen molar-refractivity contribution in [1.29, 1.82) is 10.5 Å². The Bertz CT molecular complexity index is 258. The van der Waals surface area contributed by atoms with Crippen LogP contribution >= 0.6 is 0 Å². The molecule has 0 rings (SSSR count). The Balaban J connectivity index is 3.94. The fraction of sp³-hybridized carbons (Fsp3) is 0.700. The molecule has 1 amide bonds. The van der Waals surface area contributed by atoms with Gasteiger partial charge in [0.25, 0.3) is 0 Å². The van der Waals surface area contributed by atoms with Crippen LogP contribution in [0, 0.1) is 22.7 Å². The fourth-order valence-electron chi connectivity index (χ4n) is 1.14. The zero-order chi connectivity index (χ0) is 11.7. The molecule has 15 heavy (non-hydrogen) atoms. The molecule has 0 radical (unpaired) electrons. The molecule has 1 atom stereocenters. The molecule has 0 aliphatic carbocycles. The van der Waals surface area contributed by atoms with E-state index in [2.05, 4.69) is 0 Å². The average Bonchev–Trinajstić information content (AvgIpc) is 2.16. The van der Waals surface area contributed by atoms with Gasteiger partial charge in [-0.25, -0.2) is 0 Å². The second kappa shape index (κ2) is 7.78. The average molecular weight is 208 g/mol. The molecule has 0 aromatic carbocycles. The Morgan fingerprint density at radius 2 is 1.93 bits per heavy atom. The van der Waals surface area contributed by atoms with E-state index in [9.17, 15) is 4.79 Å². The Labute approximate surface area is 90.1 Å². The minimum absolute atomic E-state index is 0.0232. The number of amides is 1. The van der Waals surface area contributed by atoms with Crippen molar-refractivity contribution in [3.63, 3.8) is 0 Å². The van der Waals surface area contributed by atoms with Crippen LogP contribution in [0.5, 0.6) is 0 Å². The van der Waals surface area contributed by atoms with Gasteiger partial charge in [0.1, 0.15) is 13.1 Å². The lowest BCUT2D eigenvalue weighted by atomic mass is 10.1. The molecule has 0 heterocycles. The van der Waals surface area contributed by atoms with Crippen LogP contribution in [-0.4, -0.2) is 29.9 Å². The topological polar surface area (TPSA) is 93.9 Å². The van der Waals surface area contributed by atoms with E-state index in [0.29, 0.717) is 12.8 Å². The van der Waals surface area contributed by atoms with Gasteiger partial charge in [-0.15, -0.1) is 0 Å². The van der Waals surface area contributed by atoms with Crippen LogP contribution in [0.25, 0.3) is 0 Å². The number of hydrogen-bond acceptors (Lipinski definition) is 4. The van der Waals surface area contributed by atoms with E-state index in [4.69, 9.17) is 16.3 Å². The van der Waals surface area contributed by atoms with Crippen LogP contribution in [0.3, 0.4) is 0 Å². The lowest BCUT2D eigenvalue weighted by Crippen LogP contribution is -2.31. The predicted molar refractivity (Wildman–Crippen MR) is 55.3 cm³/mol. The maximum Gasteiger partial charge on any atom is 0.224 e. The summed E-state index contributed by atoms with van der Waals surface area (Å²) < 4.78 is 0. The monoisotopic (exact) mass is 208 g/mol. The number of nitrogens with two attached hydrogens (primary N) is 1. The molecule has 0 spiro atoms. The fourth-order valence-corrected chi connectivity index (χ4v) is 1.14. The molecule has 82 valence electrons. The minimum Gasteiger partial charge on any atom is -0.328 e. The molecule has 0 aromatic rings. The lowest BCUT2D eigenvalue weighted by molar-refractivity contribution is -0.130. The van der Waals surface area contributed by atoms with Crippen molar-refractivity contribution in [3.8, 4) is 12.1 Å². The van der Waals surface area contributed by atoms with Crippen molar-refractivity contribution in [2.45, 2.75) is 32.2 Å². The molecule has 0 aromatic heterocycles. The Morgan fingerprint density at radius 3 is 2.33 bits per heavy atom. The van der Waals surface area contributed by atoms with Gasteiger partial charge in [-0.1, -0.05) is 0 Å². The molecule has 1 unspecified atom stereocenters. The molecule has 2 N–H and O–H groups in total. The van der Waals surface area contributed by atoms with E-state index in [1.165, 1.54) is 4.90 Å². The second-order valence-corrected chi connectivity index (χ2v) is 3.44. The van der Waals surface area contributed by atoms with Crippen molar-refractivity contribution >= 4 is 5.91 Å². The van der Waals surface area contributed by atoms with Crippen molar-refractivity contribution in [2.75, 3.05) is 13.1 Å². The van der Waals surface area contributed by atoms with Gasteiger partial charge < -0.3 is 10.6 Å². The molecule has 5 heteroatoms. The molecule has 0 saturated heterocycles. The summed E-state index contributed by atoms with van der Waals surface area (Å²) in [4.78, 5) is 12.7. The normalized spacial score (nSPS) is 11.2. The third-order valence-electron chi connectivity index (χ3n) is 1.93. The number of rotatable bonds is 6. The highest BCUT2D eigenvalue weighted by atomic mass is 16.2. The lowest BCUT2D eigenvalue weighted by Gasteiger charge is -2.15. The van der Waals surface area contributed by atoms with Crippen molar-refractivity contribution in [3.05, 3.63) is 0 Å². The third-order valence-corrected chi connectivity index (χ3v) is 1.93. The van der Waals surface area contributed by atoms with Gasteiger partial charge in [-0.3, -0.25) is 4.79 Å². The summed E-state index contributed by atoms with van der Waals surface area (Å²) in [5.74, 6) is -0.154. The number of nitriles is 2. The van der Waals surface area contributed by atoms with Gasteiger partial charge in [-0.05, 0) is 19.8 Å². The maximum atomic E-state index is 11.5. The summed E-state index contributed by atoms with van der Waals surface area (Å²) in [5, 5.41) is 16.9. The molecule has 0 fully saturated rings. The highest BCUT2D eigenvalue weighted by Crippen LogP contribution is 2.02. The maximum absolute atomic E-state index is 11.5. The van der Waals surface area contributed by atoms with E-state index < -0.39 is 0 Å². The molecular weight excluding hydrogens is 192 g/mol. The Hall–Kier alpha value is -1.59. The molecule has 0 saturated carbocycles. The SMILES string of the molecule is CC(N)CCCC(=O)N(CC#N)CC#N. The highest BCUT2D eigenvalue weighted by Gasteiger charge is 2.12. The number of hydrogen-bond donors (Lipinski definition) is 1. The number of carbonyl (C=O) groups is 1. The smallest absolute Gasteiger partial charge is 0.224 e. The van der Waals surface area contributed by atoms with Crippen LogP contribution in [0.15, 0.2) is 0 Å². The van der Waals surface area contributed by atoms with Gasteiger partial charge in [0.2, 0.25) is 5.91 Å². The van der Waals surface area contributed by atoms with Crippen molar-refractivity contribution < 1.29 is 4.79 Å². The quantitative estimate of drug-likeness (QED) is 0.638. The Morgan fingerprint density at radius 1 is 1.40 bits per heavy atom.